The molecule has 1 aromatic heterocycles. The number of ether oxygens (including phenoxy) is 1. The topological polar surface area (TPSA) is 39.1 Å². The van der Waals surface area contributed by atoms with Crippen molar-refractivity contribution in [2.75, 3.05) is 13.2 Å². The van der Waals surface area contributed by atoms with Gasteiger partial charge in [-0.2, -0.15) is 0 Å². The molecule has 2 aliphatic rings. The molecule has 94 valence electrons. The van der Waals surface area contributed by atoms with Gasteiger partial charge in [-0.3, -0.25) is 0 Å². The largest absolute Gasteiger partial charge is 0.376 e. The van der Waals surface area contributed by atoms with Crippen molar-refractivity contribution in [2.45, 2.75) is 50.8 Å². The number of nitrogens with one attached hydrogen (secondary N) is 1. The second-order valence-corrected chi connectivity index (χ2v) is 5.17. The van der Waals surface area contributed by atoms with Gasteiger partial charge in [0.1, 0.15) is 0 Å². The predicted molar refractivity (Wildman–Crippen MR) is 65.9 cm³/mol. The fraction of sp³-hybridized carbons (Fsp3) is 0.769. The van der Waals surface area contributed by atoms with Crippen LogP contribution in [0, 0.1) is 0 Å². The van der Waals surface area contributed by atoms with Crippen molar-refractivity contribution in [1.82, 2.24) is 14.9 Å². The van der Waals surface area contributed by atoms with E-state index in [4.69, 9.17) is 4.74 Å². The molecule has 3 heterocycles. The predicted octanol–water partition coefficient (Wildman–Crippen LogP) is 2.05. The fourth-order valence-electron chi connectivity index (χ4n) is 3.02. The van der Waals surface area contributed by atoms with Crippen LogP contribution in [0.25, 0.3) is 0 Å². The third-order valence-electron chi connectivity index (χ3n) is 4.06. The van der Waals surface area contributed by atoms with Crippen LogP contribution < -0.4 is 5.32 Å². The Morgan fingerprint density at radius 1 is 1.47 bits per heavy atom. The van der Waals surface area contributed by atoms with Crippen LogP contribution in [-0.2, 0) is 4.74 Å². The molecule has 17 heavy (non-hydrogen) atoms. The average Bonchev–Trinajstić information content (AvgIpc) is 3.09. The summed E-state index contributed by atoms with van der Waals surface area (Å²) >= 11 is 0. The van der Waals surface area contributed by atoms with Gasteiger partial charge in [0.15, 0.2) is 0 Å². The summed E-state index contributed by atoms with van der Waals surface area (Å²) in [5.41, 5.74) is 1.32. The van der Waals surface area contributed by atoms with Gasteiger partial charge in [0.2, 0.25) is 0 Å². The van der Waals surface area contributed by atoms with Gasteiger partial charge in [-0.1, -0.05) is 0 Å². The van der Waals surface area contributed by atoms with Crippen molar-refractivity contribution in [3.8, 4) is 0 Å². The van der Waals surface area contributed by atoms with Gasteiger partial charge in [-0.05, 0) is 39.2 Å². The second-order valence-electron chi connectivity index (χ2n) is 5.17. The minimum Gasteiger partial charge on any atom is -0.376 e. The summed E-state index contributed by atoms with van der Waals surface area (Å²) in [6.07, 6.45) is 9.20. The zero-order valence-corrected chi connectivity index (χ0v) is 10.4. The highest BCUT2D eigenvalue weighted by Gasteiger charge is 2.27. The van der Waals surface area contributed by atoms with Crippen LogP contribution in [-0.4, -0.2) is 28.8 Å². The van der Waals surface area contributed by atoms with Crippen LogP contribution in [0.3, 0.4) is 0 Å². The number of aromatic nitrogens is 2. The molecule has 4 nitrogen and oxygen atoms in total. The van der Waals surface area contributed by atoms with Gasteiger partial charge in [-0.25, -0.2) is 4.98 Å². The lowest BCUT2D eigenvalue weighted by Crippen LogP contribution is -2.25. The van der Waals surface area contributed by atoms with E-state index in [0.29, 0.717) is 18.2 Å². The summed E-state index contributed by atoms with van der Waals surface area (Å²) in [6, 6.07) is 0.888. The standard InChI is InChI=1S/C13H21N3O/c1-10(13-5-3-7-17-13)16-9-14-8-12(16)11-4-2-6-15-11/h8-11,13,15H,2-7H2,1H3/t10?,11-,13?/m0/s1. The molecule has 1 aromatic rings. The molecule has 2 unspecified atom stereocenters. The molecular formula is C13H21N3O. The molecule has 1 N–H and O–H groups in total. The lowest BCUT2D eigenvalue weighted by molar-refractivity contribution is 0.0719. The monoisotopic (exact) mass is 235 g/mol. The Kier molecular flexibility index (Phi) is 3.16. The Morgan fingerprint density at radius 3 is 3.12 bits per heavy atom. The first-order valence-electron chi connectivity index (χ1n) is 6.73. The van der Waals surface area contributed by atoms with E-state index in [2.05, 4.69) is 21.8 Å². The number of nitrogens with zero attached hydrogens (tertiary/aromatic N) is 2. The Balaban J connectivity index is 1.79. The van der Waals surface area contributed by atoms with Crippen molar-refractivity contribution in [2.24, 2.45) is 0 Å². The highest BCUT2D eigenvalue weighted by Crippen LogP contribution is 2.29. The molecule has 0 spiro atoms. The van der Waals surface area contributed by atoms with E-state index in [9.17, 15) is 0 Å². The summed E-state index contributed by atoms with van der Waals surface area (Å²) in [4.78, 5) is 4.33. The second kappa shape index (κ2) is 4.78. The summed E-state index contributed by atoms with van der Waals surface area (Å²) in [6.45, 7) is 4.29. The first-order chi connectivity index (χ1) is 8.36. The summed E-state index contributed by atoms with van der Waals surface area (Å²) in [7, 11) is 0. The SMILES string of the molecule is CC(C1CCCO1)n1cncc1[C@@H]1CCCN1. The molecule has 0 bridgehead atoms. The van der Waals surface area contributed by atoms with Crippen LogP contribution in [0.5, 0.6) is 0 Å². The Hall–Kier alpha value is -0.870. The summed E-state index contributed by atoms with van der Waals surface area (Å²) < 4.78 is 8.09. The lowest BCUT2D eigenvalue weighted by atomic mass is 10.1. The summed E-state index contributed by atoms with van der Waals surface area (Å²) in [5.74, 6) is 0. The maximum Gasteiger partial charge on any atom is 0.0952 e. The summed E-state index contributed by atoms with van der Waals surface area (Å²) in [5, 5.41) is 3.54. The van der Waals surface area contributed by atoms with Crippen molar-refractivity contribution in [1.29, 1.82) is 0 Å². The van der Waals surface area contributed by atoms with E-state index in [1.165, 1.54) is 31.4 Å². The van der Waals surface area contributed by atoms with Gasteiger partial charge in [-0.15, -0.1) is 0 Å². The normalized spacial score (nSPS) is 30.9. The van der Waals surface area contributed by atoms with Gasteiger partial charge in [0, 0.05) is 18.8 Å². The van der Waals surface area contributed by atoms with Gasteiger partial charge < -0.3 is 14.6 Å². The minimum atomic E-state index is 0.365. The van der Waals surface area contributed by atoms with Crippen molar-refractivity contribution in [3.63, 3.8) is 0 Å². The Bertz CT molecular complexity index is 364. The molecular weight excluding hydrogens is 214 g/mol. The highest BCUT2D eigenvalue weighted by molar-refractivity contribution is 5.09. The quantitative estimate of drug-likeness (QED) is 0.871. The van der Waals surface area contributed by atoms with Crippen molar-refractivity contribution in [3.05, 3.63) is 18.2 Å². The van der Waals surface area contributed by atoms with E-state index >= 15 is 0 Å². The van der Waals surface area contributed by atoms with Crippen molar-refractivity contribution < 1.29 is 4.74 Å². The maximum atomic E-state index is 5.79. The van der Waals surface area contributed by atoms with Crippen LogP contribution in [0.4, 0.5) is 0 Å². The maximum absolute atomic E-state index is 5.79. The third-order valence-corrected chi connectivity index (χ3v) is 4.06. The molecule has 2 fully saturated rings. The molecule has 3 rings (SSSR count). The molecule has 4 heteroatoms. The number of hydrogen-bond acceptors (Lipinski definition) is 3. The first kappa shape index (κ1) is 11.2. The zero-order valence-electron chi connectivity index (χ0n) is 10.4. The average molecular weight is 235 g/mol. The Labute approximate surface area is 102 Å². The lowest BCUT2D eigenvalue weighted by Gasteiger charge is -2.24. The van der Waals surface area contributed by atoms with Crippen molar-refractivity contribution >= 4 is 0 Å². The first-order valence-corrected chi connectivity index (χ1v) is 6.73. The van der Waals surface area contributed by atoms with Crippen LogP contribution in [0.15, 0.2) is 12.5 Å². The van der Waals surface area contributed by atoms with E-state index in [1.807, 2.05) is 12.5 Å². The molecule has 3 atom stereocenters. The van der Waals surface area contributed by atoms with E-state index in [0.717, 1.165) is 13.2 Å². The molecule has 0 aliphatic carbocycles. The molecule has 0 amide bonds. The number of rotatable bonds is 3. The molecule has 0 radical (unpaired) electrons. The van der Waals surface area contributed by atoms with Crippen LogP contribution >= 0.6 is 0 Å². The third kappa shape index (κ3) is 2.11. The minimum absolute atomic E-state index is 0.365. The van der Waals surface area contributed by atoms with E-state index in [-0.39, 0.29) is 0 Å². The molecule has 0 aromatic carbocycles. The smallest absolute Gasteiger partial charge is 0.0952 e. The highest BCUT2D eigenvalue weighted by atomic mass is 16.5. The zero-order chi connectivity index (χ0) is 11.7. The van der Waals surface area contributed by atoms with E-state index < -0.39 is 0 Å². The number of hydrogen-bond donors (Lipinski definition) is 1. The molecule has 2 saturated heterocycles. The fourth-order valence-corrected chi connectivity index (χ4v) is 3.02. The van der Waals surface area contributed by atoms with Crippen LogP contribution in [0.1, 0.15) is 50.4 Å². The number of imidazole rings is 1. The molecule has 2 aliphatic heterocycles. The van der Waals surface area contributed by atoms with Crippen LogP contribution in [0.2, 0.25) is 0 Å². The van der Waals surface area contributed by atoms with Gasteiger partial charge >= 0.3 is 0 Å². The van der Waals surface area contributed by atoms with E-state index in [1.54, 1.807) is 0 Å². The van der Waals surface area contributed by atoms with Gasteiger partial charge in [0.05, 0.1) is 24.2 Å². The molecule has 0 saturated carbocycles. The Morgan fingerprint density at radius 2 is 2.41 bits per heavy atom. The van der Waals surface area contributed by atoms with Gasteiger partial charge in [0.25, 0.3) is 0 Å².